The minimum atomic E-state index is -0.369. The molecule has 2 unspecified atom stereocenters. The molecule has 1 saturated heterocycles. The molecule has 126 valence electrons. The molecule has 2 rings (SSSR count). The van der Waals surface area contributed by atoms with Crippen LogP contribution in [-0.4, -0.2) is 41.1 Å². The molecule has 6 heteroatoms. The highest BCUT2D eigenvalue weighted by Crippen LogP contribution is 2.30. The lowest BCUT2D eigenvalue weighted by Gasteiger charge is -2.17. The maximum absolute atomic E-state index is 12.3. The Kier molecular flexibility index (Phi) is 6.68. The summed E-state index contributed by atoms with van der Waals surface area (Å²) in [5.74, 6) is -0.384. The van der Waals surface area contributed by atoms with E-state index in [1.807, 2.05) is 30.3 Å². The van der Waals surface area contributed by atoms with Crippen LogP contribution in [0.2, 0.25) is 0 Å². The lowest BCUT2D eigenvalue weighted by atomic mass is 9.92. The van der Waals surface area contributed by atoms with Gasteiger partial charge in [-0.3, -0.25) is 4.79 Å². The summed E-state index contributed by atoms with van der Waals surface area (Å²) in [5, 5.41) is 0. The predicted octanol–water partition coefficient (Wildman–Crippen LogP) is 3.26. The van der Waals surface area contributed by atoms with Gasteiger partial charge in [-0.05, 0) is 17.9 Å². The highest BCUT2D eigenvalue weighted by atomic mass is 127. The Bertz CT molecular complexity index is 535. The minimum absolute atomic E-state index is 0.124. The quantitative estimate of drug-likeness (QED) is 0.408. The summed E-state index contributed by atoms with van der Waals surface area (Å²) < 4.78 is 10.7. The topological polar surface area (TPSA) is 55.8 Å². The van der Waals surface area contributed by atoms with Crippen LogP contribution in [0.25, 0.3) is 0 Å². The molecule has 0 spiro atoms. The summed E-state index contributed by atoms with van der Waals surface area (Å²) in [6.07, 6.45) is 0.509. The van der Waals surface area contributed by atoms with E-state index in [4.69, 9.17) is 9.47 Å². The van der Waals surface area contributed by atoms with Crippen molar-refractivity contribution in [3.8, 4) is 0 Å². The van der Waals surface area contributed by atoms with E-state index >= 15 is 0 Å². The van der Waals surface area contributed by atoms with Gasteiger partial charge < -0.3 is 14.4 Å². The Balaban J connectivity index is 1.94. The largest absolute Gasteiger partial charge is 0.469 e. The van der Waals surface area contributed by atoms with E-state index in [0.717, 1.165) is 12.0 Å². The number of esters is 1. The van der Waals surface area contributed by atoms with Crippen molar-refractivity contribution in [1.29, 1.82) is 0 Å². The van der Waals surface area contributed by atoms with E-state index in [1.54, 1.807) is 4.90 Å². The molecule has 0 N–H and O–H groups in total. The maximum atomic E-state index is 12.3. The van der Waals surface area contributed by atoms with Gasteiger partial charge in [-0.1, -0.05) is 59.8 Å². The molecule has 1 aromatic carbocycles. The van der Waals surface area contributed by atoms with Crippen LogP contribution in [0.15, 0.2) is 30.3 Å². The number of hydrogen-bond acceptors (Lipinski definition) is 4. The van der Waals surface area contributed by atoms with Crippen molar-refractivity contribution in [3.05, 3.63) is 35.9 Å². The average molecular weight is 431 g/mol. The van der Waals surface area contributed by atoms with Crippen molar-refractivity contribution in [2.75, 3.05) is 20.2 Å². The summed E-state index contributed by atoms with van der Waals surface area (Å²) >= 11 is 2.34. The van der Waals surface area contributed by atoms with Crippen molar-refractivity contribution < 1.29 is 19.1 Å². The SMILES string of the molecule is COC(=O)C1CN(C(=O)OCc2ccccc2)CC1C[C@@H](C)I. The number of alkyl halides is 1. The standard InChI is InChI=1S/C17H22INO4/c1-12(18)8-14-9-19(10-15(14)16(20)22-2)17(21)23-11-13-6-4-3-5-7-13/h3-7,12,14-15H,8-11H2,1-2H3/t12-,14?,15?/m1/s1. The molecular formula is C17H22INO4. The van der Waals surface area contributed by atoms with Crippen LogP contribution < -0.4 is 0 Å². The van der Waals surface area contributed by atoms with E-state index in [-0.39, 0.29) is 30.5 Å². The second-order valence-electron chi connectivity index (χ2n) is 5.85. The van der Waals surface area contributed by atoms with Gasteiger partial charge >= 0.3 is 12.1 Å². The molecule has 1 heterocycles. The molecule has 1 aliphatic rings. The van der Waals surface area contributed by atoms with Crippen molar-refractivity contribution in [2.45, 2.75) is 23.9 Å². The van der Waals surface area contributed by atoms with E-state index in [2.05, 4.69) is 29.5 Å². The third kappa shape index (κ3) is 5.09. The molecule has 23 heavy (non-hydrogen) atoms. The van der Waals surface area contributed by atoms with Gasteiger partial charge in [-0.2, -0.15) is 0 Å². The Morgan fingerprint density at radius 2 is 2.00 bits per heavy atom. The van der Waals surface area contributed by atoms with Gasteiger partial charge in [0.2, 0.25) is 0 Å². The van der Waals surface area contributed by atoms with Gasteiger partial charge in [0.1, 0.15) is 6.61 Å². The first kappa shape index (κ1) is 18.0. The molecule has 1 aliphatic heterocycles. The van der Waals surface area contributed by atoms with Crippen LogP contribution in [-0.2, 0) is 20.9 Å². The molecule has 1 fully saturated rings. The summed E-state index contributed by atoms with van der Waals surface area (Å²) in [4.78, 5) is 25.8. The number of benzene rings is 1. The lowest BCUT2D eigenvalue weighted by molar-refractivity contribution is -0.146. The van der Waals surface area contributed by atoms with Gasteiger partial charge in [0.25, 0.3) is 0 Å². The normalized spacial score (nSPS) is 21.8. The van der Waals surface area contributed by atoms with Crippen LogP contribution in [0.1, 0.15) is 18.9 Å². The molecule has 1 amide bonds. The molecule has 5 nitrogen and oxygen atoms in total. The van der Waals surface area contributed by atoms with Gasteiger partial charge in [-0.25, -0.2) is 4.79 Å². The van der Waals surface area contributed by atoms with E-state index in [9.17, 15) is 9.59 Å². The van der Waals surface area contributed by atoms with E-state index in [0.29, 0.717) is 17.0 Å². The monoisotopic (exact) mass is 431 g/mol. The number of likely N-dealkylation sites (tertiary alicyclic amines) is 1. The second kappa shape index (κ2) is 8.52. The zero-order chi connectivity index (χ0) is 16.8. The molecule has 0 aromatic heterocycles. The number of carbonyl (C=O) groups excluding carboxylic acids is 2. The fraction of sp³-hybridized carbons (Fsp3) is 0.529. The molecule has 0 saturated carbocycles. The minimum Gasteiger partial charge on any atom is -0.469 e. The third-order valence-electron chi connectivity index (χ3n) is 4.04. The number of carbonyl (C=O) groups is 2. The van der Waals surface area contributed by atoms with Crippen LogP contribution in [0.5, 0.6) is 0 Å². The lowest BCUT2D eigenvalue weighted by Crippen LogP contribution is -2.30. The van der Waals surface area contributed by atoms with E-state index in [1.165, 1.54) is 7.11 Å². The Hall–Kier alpha value is -1.31. The summed E-state index contributed by atoms with van der Waals surface area (Å²) in [5.41, 5.74) is 0.946. The maximum Gasteiger partial charge on any atom is 0.410 e. The predicted molar refractivity (Wildman–Crippen MR) is 95.3 cm³/mol. The molecule has 1 aromatic rings. The number of halogens is 1. The Morgan fingerprint density at radius 3 is 2.61 bits per heavy atom. The fourth-order valence-electron chi connectivity index (χ4n) is 2.91. The van der Waals surface area contributed by atoms with Crippen molar-refractivity contribution in [1.82, 2.24) is 4.90 Å². The summed E-state index contributed by atoms with van der Waals surface area (Å²) in [7, 11) is 1.39. The first-order valence-corrected chi connectivity index (χ1v) is 8.93. The summed E-state index contributed by atoms with van der Waals surface area (Å²) in [6.45, 7) is 3.26. The zero-order valence-electron chi connectivity index (χ0n) is 13.4. The van der Waals surface area contributed by atoms with Crippen LogP contribution in [0.3, 0.4) is 0 Å². The highest BCUT2D eigenvalue weighted by Gasteiger charge is 2.41. The van der Waals surface area contributed by atoms with Gasteiger partial charge in [0.15, 0.2) is 0 Å². The second-order valence-corrected chi connectivity index (χ2v) is 7.98. The number of ether oxygens (including phenoxy) is 2. The van der Waals surface area contributed by atoms with E-state index < -0.39 is 0 Å². The first-order chi connectivity index (χ1) is 11.0. The molecule has 3 atom stereocenters. The van der Waals surface area contributed by atoms with Crippen LogP contribution in [0.4, 0.5) is 4.79 Å². The molecule has 0 aliphatic carbocycles. The Morgan fingerprint density at radius 1 is 1.30 bits per heavy atom. The fourth-order valence-corrected chi connectivity index (χ4v) is 3.56. The Labute approximate surface area is 150 Å². The zero-order valence-corrected chi connectivity index (χ0v) is 15.6. The number of amides is 1. The first-order valence-electron chi connectivity index (χ1n) is 7.68. The smallest absolute Gasteiger partial charge is 0.410 e. The van der Waals surface area contributed by atoms with Crippen molar-refractivity contribution >= 4 is 34.7 Å². The molecular weight excluding hydrogens is 409 g/mol. The molecule has 0 radical (unpaired) electrons. The van der Waals surface area contributed by atoms with Gasteiger partial charge in [-0.15, -0.1) is 0 Å². The van der Waals surface area contributed by atoms with Crippen LogP contribution >= 0.6 is 22.6 Å². The highest BCUT2D eigenvalue weighted by molar-refractivity contribution is 14.1. The number of methoxy groups -OCH3 is 1. The van der Waals surface area contributed by atoms with Crippen molar-refractivity contribution in [3.63, 3.8) is 0 Å². The number of nitrogens with zero attached hydrogens (tertiary/aromatic N) is 1. The number of rotatable bonds is 5. The number of hydrogen-bond donors (Lipinski definition) is 0. The third-order valence-corrected chi connectivity index (χ3v) is 4.54. The van der Waals surface area contributed by atoms with Crippen molar-refractivity contribution in [2.24, 2.45) is 11.8 Å². The van der Waals surface area contributed by atoms with Crippen LogP contribution in [0, 0.1) is 11.8 Å². The summed E-state index contributed by atoms with van der Waals surface area (Å²) in [6, 6.07) is 9.56. The van der Waals surface area contributed by atoms with Gasteiger partial charge in [0.05, 0.1) is 13.0 Å². The average Bonchev–Trinajstić information content (AvgIpc) is 2.96. The molecule has 0 bridgehead atoms. The van der Waals surface area contributed by atoms with Gasteiger partial charge in [0, 0.05) is 17.0 Å².